The van der Waals surface area contributed by atoms with Gasteiger partial charge >= 0.3 is 0 Å². The van der Waals surface area contributed by atoms with Crippen molar-refractivity contribution in [3.05, 3.63) is 65.0 Å². The van der Waals surface area contributed by atoms with E-state index in [2.05, 4.69) is 10.3 Å². The number of nitrogens with two attached hydrogens (primary N) is 1. The van der Waals surface area contributed by atoms with Crippen LogP contribution < -0.4 is 11.1 Å². The zero-order valence-corrected chi connectivity index (χ0v) is 11.6. The number of hydrogen-bond donors (Lipinski definition) is 2. The summed E-state index contributed by atoms with van der Waals surface area (Å²) >= 11 is 0. The lowest BCUT2D eigenvalue weighted by Crippen LogP contribution is -2.25. The highest BCUT2D eigenvalue weighted by Crippen LogP contribution is 2.08. The van der Waals surface area contributed by atoms with Crippen molar-refractivity contribution >= 4 is 5.91 Å². The fourth-order valence-corrected chi connectivity index (χ4v) is 2.05. The Balaban J connectivity index is 1.93. The Hall–Kier alpha value is -2.20. The Morgan fingerprint density at radius 2 is 1.90 bits per heavy atom. The minimum Gasteiger partial charge on any atom is -0.350 e. The summed E-state index contributed by atoms with van der Waals surface area (Å²) < 4.78 is 0. The predicted molar refractivity (Wildman–Crippen MR) is 78.9 cm³/mol. The molecule has 20 heavy (non-hydrogen) atoms. The van der Waals surface area contributed by atoms with Gasteiger partial charge in [0.15, 0.2) is 0 Å². The molecule has 0 radical (unpaired) electrons. The Morgan fingerprint density at radius 3 is 2.60 bits per heavy atom. The molecule has 0 aliphatic rings. The number of aromatic nitrogens is 1. The van der Waals surface area contributed by atoms with Crippen LogP contribution in [0.4, 0.5) is 0 Å². The molecule has 4 nitrogen and oxygen atoms in total. The molecule has 0 atom stereocenters. The predicted octanol–water partition coefficient (Wildman–Crippen LogP) is 1.71. The number of benzene rings is 1. The molecule has 0 spiro atoms. The van der Waals surface area contributed by atoms with E-state index in [4.69, 9.17) is 5.73 Å². The van der Waals surface area contributed by atoms with Gasteiger partial charge in [-0.1, -0.05) is 30.3 Å². The molecule has 3 N–H and O–H groups in total. The van der Waals surface area contributed by atoms with Crippen LogP contribution in [-0.2, 0) is 24.3 Å². The maximum Gasteiger partial charge on any atom is 0.224 e. The van der Waals surface area contributed by atoms with Crippen molar-refractivity contribution in [1.82, 2.24) is 10.3 Å². The third kappa shape index (κ3) is 3.90. The molecule has 0 saturated carbocycles. The van der Waals surface area contributed by atoms with E-state index in [9.17, 15) is 4.79 Å². The molecule has 0 saturated heterocycles. The van der Waals surface area contributed by atoms with Gasteiger partial charge in [-0.15, -0.1) is 0 Å². The van der Waals surface area contributed by atoms with Crippen molar-refractivity contribution in [2.24, 2.45) is 5.73 Å². The van der Waals surface area contributed by atoms with E-state index >= 15 is 0 Å². The Labute approximate surface area is 119 Å². The van der Waals surface area contributed by atoms with Crippen molar-refractivity contribution in [2.45, 2.75) is 26.4 Å². The van der Waals surface area contributed by atoms with Gasteiger partial charge < -0.3 is 11.1 Å². The molecule has 1 heterocycles. The molecular weight excluding hydrogens is 250 g/mol. The third-order valence-electron chi connectivity index (χ3n) is 3.10. The van der Waals surface area contributed by atoms with Gasteiger partial charge in [0, 0.05) is 12.2 Å². The normalized spacial score (nSPS) is 10.3. The number of hydrogen-bond acceptors (Lipinski definition) is 3. The number of nitrogens with one attached hydrogen (secondary N) is 1. The summed E-state index contributed by atoms with van der Waals surface area (Å²) in [6.07, 6.45) is 0.346. The number of amides is 1. The standard InChI is InChI=1S/C16H19N3O/c1-12-5-4-8-15(19-12)11-18-16(20)9-13-6-2-3-7-14(13)10-17/h2-8H,9-11,17H2,1H3,(H,18,20). The number of carbonyl (C=O) groups is 1. The lowest BCUT2D eigenvalue weighted by molar-refractivity contribution is -0.120. The Morgan fingerprint density at radius 1 is 1.15 bits per heavy atom. The van der Waals surface area contributed by atoms with Crippen LogP contribution in [0.3, 0.4) is 0 Å². The highest BCUT2D eigenvalue weighted by molar-refractivity contribution is 5.78. The van der Waals surface area contributed by atoms with E-state index in [1.54, 1.807) is 0 Å². The first-order valence-corrected chi connectivity index (χ1v) is 6.65. The minimum atomic E-state index is -0.0193. The van der Waals surface area contributed by atoms with E-state index in [-0.39, 0.29) is 5.91 Å². The average Bonchev–Trinajstić information content (AvgIpc) is 2.46. The fourth-order valence-electron chi connectivity index (χ4n) is 2.05. The molecule has 1 aromatic carbocycles. The third-order valence-corrected chi connectivity index (χ3v) is 3.10. The average molecular weight is 269 g/mol. The second kappa shape index (κ2) is 6.82. The Bertz CT molecular complexity index is 596. The molecule has 0 fully saturated rings. The molecule has 1 aromatic heterocycles. The number of pyridine rings is 1. The summed E-state index contributed by atoms with van der Waals surface area (Å²) in [5.74, 6) is -0.0193. The molecular formula is C16H19N3O. The van der Waals surface area contributed by atoms with E-state index in [1.807, 2.05) is 49.4 Å². The Kier molecular flexibility index (Phi) is 4.85. The zero-order valence-electron chi connectivity index (χ0n) is 11.6. The van der Waals surface area contributed by atoms with Gasteiger partial charge in [0.1, 0.15) is 0 Å². The van der Waals surface area contributed by atoms with E-state index in [1.165, 1.54) is 0 Å². The van der Waals surface area contributed by atoms with E-state index < -0.39 is 0 Å². The molecule has 0 aliphatic carbocycles. The number of aryl methyl sites for hydroxylation is 1. The monoisotopic (exact) mass is 269 g/mol. The van der Waals surface area contributed by atoms with Crippen LogP contribution in [0.2, 0.25) is 0 Å². The quantitative estimate of drug-likeness (QED) is 0.868. The first-order chi connectivity index (χ1) is 9.69. The van der Waals surface area contributed by atoms with E-state index in [0.29, 0.717) is 19.5 Å². The molecule has 0 aliphatic heterocycles. The van der Waals surface area contributed by atoms with Crippen LogP contribution in [0.25, 0.3) is 0 Å². The maximum absolute atomic E-state index is 12.0. The first kappa shape index (κ1) is 14.2. The molecule has 104 valence electrons. The first-order valence-electron chi connectivity index (χ1n) is 6.65. The van der Waals surface area contributed by atoms with Crippen molar-refractivity contribution in [2.75, 3.05) is 0 Å². The smallest absolute Gasteiger partial charge is 0.224 e. The minimum absolute atomic E-state index is 0.0193. The summed E-state index contributed by atoms with van der Waals surface area (Å²) in [5.41, 5.74) is 9.47. The SMILES string of the molecule is Cc1cccc(CNC(=O)Cc2ccccc2CN)n1. The van der Waals surface area contributed by atoms with Crippen molar-refractivity contribution in [1.29, 1.82) is 0 Å². The number of rotatable bonds is 5. The number of nitrogens with zero attached hydrogens (tertiary/aromatic N) is 1. The van der Waals surface area contributed by atoms with Crippen molar-refractivity contribution in [3.63, 3.8) is 0 Å². The zero-order chi connectivity index (χ0) is 14.4. The van der Waals surface area contributed by atoms with E-state index in [0.717, 1.165) is 22.5 Å². The van der Waals surface area contributed by atoms with Crippen LogP contribution in [0.15, 0.2) is 42.5 Å². The second-order valence-electron chi connectivity index (χ2n) is 4.70. The van der Waals surface area contributed by atoms with Crippen LogP contribution in [-0.4, -0.2) is 10.9 Å². The topological polar surface area (TPSA) is 68.0 Å². The van der Waals surface area contributed by atoms with Crippen molar-refractivity contribution in [3.8, 4) is 0 Å². The van der Waals surface area contributed by atoms with Crippen LogP contribution in [0.1, 0.15) is 22.5 Å². The van der Waals surface area contributed by atoms with Crippen LogP contribution in [0.5, 0.6) is 0 Å². The summed E-state index contributed by atoms with van der Waals surface area (Å²) in [4.78, 5) is 16.3. The lowest BCUT2D eigenvalue weighted by atomic mass is 10.0. The summed E-state index contributed by atoms with van der Waals surface area (Å²) in [5, 5.41) is 2.88. The highest BCUT2D eigenvalue weighted by Gasteiger charge is 2.07. The second-order valence-corrected chi connectivity index (χ2v) is 4.70. The van der Waals surface area contributed by atoms with Crippen LogP contribution in [0, 0.1) is 6.92 Å². The lowest BCUT2D eigenvalue weighted by Gasteiger charge is -2.08. The molecule has 1 amide bonds. The fraction of sp³-hybridized carbons (Fsp3) is 0.250. The summed E-state index contributed by atoms with van der Waals surface area (Å²) in [7, 11) is 0. The van der Waals surface area contributed by atoms with Crippen LogP contribution >= 0.6 is 0 Å². The molecule has 0 bridgehead atoms. The molecule has 0 unspecified atom stereocenters. The molecule has 2 aromatic rings. The van der Waals surface area contributed by atoms with Gasteiger partial charge in [0.25, 0.3) is 0 Å². The molecule has 4 heteroatoms. The summed E-state index contributed by atoms with van der Waals surface area (Å²) in [6, 6.07) is 13.5. The summed E-state index contributed by atoms with van der Waals surface area (Å²) in [6.45, 7) is 2.83. The number of carbonyl (C=O) groups excluding carboxylic acids is 1. The largest absolute Gasteiger partial charge is 0.350 e. The van der Waals surface area contributed by atoms with Gasteiger partial charge in [-0.2, -0.15) is 0 Å². The van der Waals surface area contributed by atoms with Crippen molar-refractivity contribution < 1.29 is 4.79 Å². The van der Waals surface area contributed by atoms with Gasteiger partial charge in [-0.25, -0.2) is 0 Å². The van der Waals surface area contributed by atoms with Gasteiger partial charge in [0.2, 0.25) is 5.91 Å². The van der Waals surface area contributed by atoms with Gasteiger partial charge in [-0.05, 0) is 30.2 Å². The van der Waals surface area contributed by atoms with Gasteiger partial charge in [0.05, 0.1) is 18.7 Å². The van der Waals surface area contributed by atoms with Gasteiger partial charge in [-0.3, -0.25) is 9.78 Å². The maximum atomic E-state index is 12.0. The highest BCUT2D eigenvalue weighted by atomic mass is 16.1. The molecule has 2 rings (SSSR count).